The number of primary amides is 1. The number of anilines is 2. The van der Waals surface area contributed by atoms with Crippen molar-refractivity contribution in [3.63, 3.8) is 0 Å². The number of aryl methyl sites for hydroxylation is 1. The summed E-state index contributed by atoms with van der Waals surface area (Å²) in [6.45, 7) is 3.28. The van der Waals surface area contributed by atoms with Crippen molar-refractivity contribution in [1.29, 1.82) is 0 Å². The Morgan fingerprint density at radius 3 is 2.70 bits per heavy atom. The number of rotatable bonds is 6. The molecule has 2 amide bonds. The summed E-state index contributed by atoms with van der Waals surface area (Å²) in [4.78, 5) is 41.0. The van der Waals surface area contributed by atoms with Crippen LogP contribution in [0.1, 0.15) is 18.6 Å². The first kappa shape index (κ1) is 20.2. The average Bonchev–Trinajstić information content (AvgIpc) is 3.41. The highest BCUT2D eigenvalue weighted by Crippen LogP contribution is 2.29. The average molecular weight is 427 g/mol. The third-order valence-electron chi connectivity index (χ3n) is 5.08. The molecule has 0 spiro atoms. The molecule has 2 N–H and O–H groups in total. The summed E-state index contributed by atoms with van der Waals surface area (Å²) >= 11 is 1.46. The van der Waals surface area contributed by atoms with E-state index in [0.29, 0.717) is 49.1 Å². The number of likely N-dealkylation sites (tertiary alicyclic amines) is 1. The van der Waals surface area contributed by atoms with Crippen molar-refractivity contribution < 1.29 is 14.0 Å². The molecular formula is C20H22N6O3S. The summed E-state index contributed by atoms with van der Waals surface area (Å²) in [5.41, 5.74) is 6.04. The van der Waals surface area contributed by atoms with E-state index in [4.69, 9.17) is 10.2 Å². The standard InChI is InChI=1S/C20H22N6O3S/c1-13-2-3-18(29-13)26(16-10-15(23-12-24-16)20-22-6-9-30-20)17(27)11-25-7-4-14(5-8-25)19(21)28/h2-3,6,9-10,12,14H,4-5,7-8,11H2,1H3,(H2,21,28). The predicted octanol–water partition coefficient (Wildman–Crippen LogP) is 2.36. The quantitative estimate of drug-likeness (QED) is 0.643. The lowest BCUT2D eigenvalue weighted by Gasteiger charge is -2.31. The van der Waals surface area contributed by atoms with Crippen LogP contribution in [0.15, 0.2) is 40.5 Å². The van der Waals surface area contributed by atoms with Gasteiger partial charge in [-0.05, 0) is 38.9 Å². The Morgan fingerprint density at radius 2 is 2.07 bits per heavy atom. The van der Waals surface area contributed by atoms with Gasteiger partial charge in [0.15, 0.2) is 0 Å². The highest BCUT2D eigenvalue weighted by atomic mass is 32.1. The smallest absolute Gasteiger partial charge is 0.249 e. The number of piperidine rings is 1. The number of carbonyl (C=O) groups is 2. The maximum atomic E-state index is 13.3. The molecule has 3 aromatic heterocycles. The number of nitrogens with zero attached hydrogens (tertiary/aromatic N) is 5. The fourth-order valence-electron chi connectivity index (χ4n) is 3.48. The van der Waals surface area contributed by atoms with Gasteiger partial charge in [0.05, 0.1) is 6.54 Å². The topological polar surface area (TPSA) is 118 Å². The van der Waals surface area contributed by atoms with E-state index < -0.39 is 0 Å². The zero-order valence-electron chi connectivity index (χ0n) is 16.5. The highest BCUT2D eigenvalue weighted by Gasteiger charge is 2.28. The van der Waals surface area contributed by atoms with Crippen LogP contribution in [0.4, 0.5) is 11.7 Å². The van der Waals surface area contributed by atoms with Crippen LogP contribution in [0.3, 0.4) is 0 Å². The first-order valence-electron chi connectivity index (χ1n) is 9.64. The largest absolute Gasteiger partial charge is 0.445 e. The summed E-state index contributed by atoms with van der Waals surface area (Å²) in [6, 6.07) is 5.28. The third kappa shape index (κ3) is 4.39. The Hall–Kier alpha value is -3.11. The molecule has 0 saturated carbocycles. The van der Waals surface area contributed by atoms with Gasteiger partial charge in [0.25, 0.3) is 0 Å². The van der Waals surface area contributed by atoms with Crippen LogP contribution in [0.5, 0.6) is 0 Å². The second kappa shape index (κ2) is 8.72. The number of hydrogen-bond donors (Lipinski definition) is 1. The van der Waals surface area contributed by atoms with Gasteiger partial charge in [-0.25, -0.2) is 19.9 Å². The van der Waals surface area contributed by atoms with Crippen molar-refractivity contribution in [2.24, 2.45) is 11.7 Å². The zero-order chi connectivity index (χ0) is 21.1. The van der Waals surface area contributed by atoms with Gasteiger partial charge in [-0.15, -0.1) is 11.3 Å². The Morgan fingerprint density at radius 1 is 1.27 bits per heavy atom. The van der Waals surface area contributed by atoms with Gasteiger partial charge in [0.1, 0.15) is 28.6 Å². The van der Waals surface area contributed by atoms with Crippen molar-refractivity contribution in [3.05, 3.63) is 41.9 Å². The minimum Gasteiger partial charge on any atom is -0.445 e. The van der Waals surface area contributed by atoms with Crippen LogP contribution in [0.25, 0.3) is 10.7 Å². The molecule has 4 heterocycles. The van der Waals surface area contributed by atoms with Crippen LogP contribution in [-0.4, -0.2) is 51.3 Å². The fraction of sp³-hybridized carbons (Fsp3) is 0.350. The van der Waals surface area contributed by atoms with Gasteiger partial charge in [0, 0.05) is 29.6 Å². The molecule has 1 fully saturated rings. The summed E-state index contributed by atoms with van der Waals surface area (Å²) in [5.74, 6) is 0.937. The molecule has 9 nitrogen and oxygen atoms in total. The summed E-state index contributed by atoms with van der Waals surface area (Å²) in [7, 11) is 0. The maximum absolute atomic E-state index is 13.3. The molecule has 156 valence electrons. The zero-order valence-corrected chi connectivity index (χ0v) is 17.3. The molecule has 0 bridgehead atoms. The first-order valence-corrected chi connectivity index (χ1v) is 10.5. The van der Waals surface area contributed by atoms with Gasteiger partial charge in [-0.3, -0.25) is 14.5 Å². The van der Waals surface area contributed by atoms with E-state index in [2.05, 4.69) is 15.0 Å². The van der Waals surface area contributed by atoms with Gasteiger partial charge in [-0.1, -0.05) is 0 Å². The van der Waals surface area contributed by atoms with Crippen LogP contribution < -0.4 is 10.6 Å². The van der Waals surface area contributed by atoms with E-state index in [1.807, 2.05) is 17.2 Å². The van der Waals surface area contributed by atoms with E-state index >= 15 is 0 Å². The number of hydrogen-bond acceptors (Lipinski definition) is 8. The monoisotopic (exact) mass is 426 g/mol. The second-order valence-electron chi connectivity index (χ2n) is 7.16. The summed E-state index contributed by atoms with van der Waals surface area (Å²) in [5, 5.41) is 2.61. The van der Waals surface area contributed by atoms with Crippen molar-refractivity contribution in [1.82, 2.24) is 19.9 Å². The normalized spacial score (nSPS) is 15.2. The molecule has 0 unspecified atom stereocenters. The molecule has 1 aliphatic rings. The number of aromatic nitrogens is 3. The summed E-state index contributed by atoms with van der Waals surface area (Å²) in [6.07, 6.45) is 4.44. The van der Waals surface area contributed by atoms with Crippen molar-refractivity contribution >= 4 is 34.9 Å². The lowest BCUT2D eigenvalue weighted by molar-refractivity contribution is -0.123. The van der Waals surface area contributed by atoms with Crippen molar-refractivity contribution in [2.45, 2.75) is 19.8 Å². The van der Waals surface area contributed by atoms with Crippen molar-refractivity contribution in [2.75, 3.05) is 24.5 Å². The molecule has 4 rings (SSSR count). The fourth-order valence-corrected chi connectivity index (χ4v) is 4.08. The van der Waals surface area contributed by atoms with E-state index in [-0.39, 0.29) is 24.3 Å². The predicted molar refractivity (Wildman–Crippen MR) is 112 cm³/mol. The Labute approximate surface area is 177 Å². The van der Waals surface area contributed by atoms with E-state index in [9.17, 15) is 9.59 Å². The summed E-state index contributed by atoms with van der Waals surface area (Å²) < 4.78 is 5.74. The van der Waals surface area contributed by atoms with E-state index in [1.165, 1.54) is 22.6 Å². The van der Waals surface area contributed by atoms with Gasteiger partial charge in [-0.2, -0.15) is 0 Å². The van der Waals surface area contributed by atoms with Gasteiger partial charge in [0.2, 0.25) is 17.7 Å². The van der Waals surface area contributed by atoms with Crippen LogP contribution >= 0.6 is 11.3 Å². The van der Waals surface area contributed by atoms with E-state index in [1.54, 1.807) is 24.4 Å². The Kier molecular flexibility index (Phi) is 5.86. The number of nitrogens with two attached hydrogens (primary N) is 1. The third-order valence-corrected chi connectivity index (χ3v) is 5.87. The molecule has 1 saturated heterocycles. The lowest BCUT2D eigenvalue weighted by atomic mass is 9.96. The Balaban J connectivity index is 1.57. The molecule has 0 aliphatic carbocycles. The minimum atomic E-state index is -0.274. The van der Waals surface area contributed by atoms with Crippen LogP contribution in [0.2, 0.25) is 0 Å². The molecular weight excluding hydrogens is 404 g/mol. The van der Waals surface area contributed by atoms with E-state index in [0.717, 1.165) is 5.01 Å². The maximum Gasteiger partial charge on any atom is 0.249 e. The molecule has 10 heteroatoms. The molecule has 30 heavy (non-hydrogen) atoms. The molecule has 0 radical (unpaired) electrons. The van der Waals surface area contributed by atoms with Crippen LogP contribution in [-0.2, 0) is 9.59 Å². The highest BCUT2D eigenvalue weighted by molar-refractivity contribution is 7.13. The van der Waals surface area contributed by atoms with Gasteiger partial charge >= 0.3 is 0 Å². The van der Waals surface area contributed by atoms with Crippen LogP contribution in [0, 0.1) is 12.8 Å². The lowest BCUT2D eigenvalue weighted by Crippen LogP contribution is -2.44. The number of carbonyl (C=O) groups excluding carboxylic acids is 2. The first-order chi connectivity index (χ1) is 14.5. The Bertz CT molecular complexity index is 1030. The van der Waals surface area contributed by atoms with Gasteiger partial charge < -0.3 is 10.2 Å². The minimum absolute atomic E-state index is 0.122. The number of thiazole rings is 1. The molecule has 0 atom stereocenters. The number of amides is 2. The molecule has 0 aromatic carbocycles. The molecule has 3 aromatic rings. The van der Waals surface area contributed by atoms with Crippen molar-refractivity contribution in [3.8, 4) is 10.7 Å². The SMILES string of the molecule is Cc1ccc(N(C(=O)CN2CCC(C(N)=O)CC2)c2cc(-c3nccs3)ncn2)o1. The number of furan rings is 1. The molecule has 1 aliphatic heterocycles. The second-order valence-corrected chi connectivity index (χ2v) is 8.06.